The minimum absolute atomic E-state index is 0.0263. The zero-order chi connectivity index (χ0) is 24.9. The van der Waals surface area contributed by atoms with Gasteiger partial charge < -0.3 is 10.2 Å². The molecule has 2 rings (SSSR count). The predicted octanol–water partition coefficient (Wildman–Crippen LogP) is 3.33. The van der Waals surface area contributed by atoms with Gasteiger partial charge in [-0.2, -0.15) is 0 Å². The lowest BCUT2D eigenvalue weighted by Gasteiger charge is -2.32. The molecule has 180 valence electrons. The molecule has 2 aromatic carbocycles. The van der Waals surface area contributed by atoms with Crippen LogP contribution in [-0.4, -0.2) is 50.0 Å². The fraction of sp³-hybridized carbons (Fsp3) is 0.364. The van der Waals surface area contributed by atoms with E-state index in [1.807, 2.05) is 0 Å². The number of halogens is 3. The van der Waals surface area contributed by atoms with Gasteiger partial charge in [0.2, 0.25) is 21.8 Å². The number of rotatable bonds is 9. The number of sulfonamides is 1. The molecule has 0 aliphatic heterocycles. The van der Waals surface area contributed by atoms with Crippen molar-refractivity contribution < 1.29 is 26.8 Å². The smallest absolute Gasteiger partial charge is 0.244 e. The number of amides is 2. The van der Waals surface area contributed by atoms with Crippen LogP contribution >= 0.6 is 11.6 Å². The third-order valence-electron chi connectivity index (χ3n) is 4.71. The van der Waals surface area contributed by atoms with E-state index in [4.69, 9.17) is 11.6 Å². The normalized spacial score (nSPS) is 12.4. The first-order chi connectivity index (χ1) is 15.3. The van der Waals surface area contributed by atoms with Crippen LogP contribution in [0.4, 0.5) is 14.5 Å². The molecule has 2 aromatic rings. The van der Waals surface area contributed by atoms with Crippen LogP contribution in [-0.2, 0) is 26.2 Å². The van der Waals surface area contributed by atoms with E-state index in [2.05, 4.69) is 5.32 Å². The van der Waals surface area contributed by atoms with Crippen molar-refractivity contribution in [2.24, 2.45) is 0 Å². The van der Waals surface area contributed by atoms with Gasteiger partial charge in [-0.15, -0.1) is 0 Å². The third kappa shape index (κ3) is 7.40. The van der Waals surface area contributed by atoms with Gasteiger partial charge in [0.15, 0.2) is 11.6 Å². The van der Waals surface area contributed by atoms with Gasteiger partial charge in [-0.25, -0.2) is 17.2 Å². The number of hydrogen-bond donors (Lipinski definition) is 1. The highest BCUT2D eigenvalue weighted by molar-refractivity contribution is 7.92. The maximum atomic E-state index is 13.7. The van der Waals surface area contributed by atoms with Crippen LogP contribution in [0, 0.1) is 11.6 Å². The van der Waals surface area contributed by atoms with Crippen LogP contribution in [0.2, 0.25) is 5.02 Å². The summed E-state index contributed by atoms with van der Waals surface area (Å²) < 4.78 is 52.5. The lowest BCUT2D eigenvalue weighted by atomic mass is 10.1. The Kier molecular flexibility index (Phi) is 8.79. The second-order valence-corrected chi connectivity index (χ2v) is 10.2. The molecule has 0 fully saturated rings. The summed E-state index contributed by atoms with van der Waals surface area (Å²) in [6.45, 7) is 4.30. The summed E-state index contributed by atoms with van der Waals surface area (Å²) in [6.07, 6.45) is 0.845. The van der Waals surface area contributed by atoms with Gasteiger partial charge in [0.25, 0.3) is 0 Å². The van der Waals surface area contributed by atoms with Gasteiger partial charge in [0, 0.05) is 23.7 Å². The molecule has 1 atom stereocenters. The Hall–Kier alpha value is -2.72. The fourth-order valence-electron chi connectivity index (χ4n) is 3.07. The number of hydrogen-bond acceptors (Lipinski definition) is 4. The van der Waals surface area contributed by atoms with E-state index in [1.165, 1.54) is 11.8 Å². The molecule has 33 heavy (non-hydrogen) atoms. The van der Waals surface area contributed by atoms with E-state index in [0.29, 0.717) is 21.0 Å². The molecule has 0 aliphatic carbocycles. The zero-order valence-corrected chi connectivity index (χ0v) is 20.3. The van der Waals surface area contributed by atoms with Crippen molar-refractivity contribution in [3.05, 3.63) is 64.7 Å². The molecular formula is C22H26ClF2N3O4S. The summed E-state index contributed by atoms with van der Waals surface area (Å²) in [7, 11) is -4.05. The monoisotopic (exact) mass is 501 g/mol. The van der Waals surface area contributed by atoms with E-state index in [-0.39, 0.29) is 18.3 Å². The van der Waals surface area contributed by atoms with Crippen molar-refractivity contribution in [3.8, 4) is 0 Å². The second-order valence-electron chi connectivity index (χ2n) is 7.86. The van der Waals surface area contributed by atoms with Crippen LogP contribution in [0.5, 0.6) is 0 Å². The number of benzene rings is 2. The summed E-state index contributed by atoms with van der Waals surface area (Å²) in [4.78, 5) is 27.1. The summed E-state index contributed by atoms with van der Waals surface area (Å²) in [5.41, 5.74) is 0.408. The second kappa shape index (κ2) is 10.9. The van der Waals surface area contributed by atoms with Crippen LogP contribution < -0.4 is 9.62 Å². The van der Waals surface area contributed by atoms with Crippen molar-refractivity contribution in [2.45, 2.75) is 39.4 Å². The van der Waals surface area contributed by atoms with Gasteiger partial charge in [-0.05, 0) is 50.6 Å². The fourth-order valence-corrected chi connectivity index (χ4v) is 4.13. The Morgan fingerprint density at radius 1 is 1.06 bits per heavy atom. The molecular weight excluding hydrogens is 476 g/mol. The predicted molar refractivity (Wildman–Crippen MR) is 123 cm³/mol. The van der Waals surface area contributed by atoms with Gasteiger partial charge in [-0.1, -0.05) is 23.7 Å². The van der Waals surface area contributed by atoms with E-state index < -0.39 is 46.1 Å². The SMILES string of the molecule is CC(C)NC(=O)C(C)N(Cc1cccc(Cl)c1)C(=O)CN(c1ccc(F)c(F)c1)S(C)(=O)=O. The van der Waals surface area contributed by atoms with Crippen molar-refractivity contribution in [1.29, 1.82) is 0 Å². The number of anilines is 1. The molecule has 0 saturated heterocycles. The van der Waals surface area contributed by atoms with Gasteiger partial charge in [0.1, 0.15) is 12.6 Å². The van der Waals surface area contributed by atoms with Crippen LogP contribution in [0.15, 0.2) is 42.5 Å². The number of nitrogens with one attached hydrogen (secondary N) is 1. The quantitative estimate of drug-likeness (QED) is 0.571. The highest BCUT2D eigenvalue weighted by Crippen LogP contribution is 2.22. The molecule has 2 amide bonds. The Morgan fingerprint density at radius 2 is 1.73 bits per heavy atom. The average Bonchev–Trinajstić information content (AvgIpc) is 2.70. The Morgan fingerprint density at radius 3 is 2.27 bits per heavy atom. The van der Waals surface area contributed by atoms with E-state index in [0.717, 1.165) is 18.4 Å². The molecule has 0 bridgehead atoms. The maximum Gasteiger partial charge on any atom is 0.244 e. The molecule has 0 heterocycles. The third-order valence-corrected chi connectivity index (χ3v) is 6.09. The molecule has 0 saturated carbocycles. The van der Waals surface area contributed by atoms with Gasteiger partial charge >= 0.3 is 0 Å². The first kappa shape index (κ1) is 26.5. The minimum atomic E-state index is -4.05. The van der Waals surface area contributed by atoms with Crippen LogP contribution in [0.3, 0.4) is 0 Å². The maximum absolute atomic E-state index is 13.7. The minimum Gasteiger partial charge on any atom is -0.352 e. The van der Waals surface area contributed by atoms with Gasteiger partial charge in [-0.3, -0.25) is 13.9 Å². The molecule has 7 nitrogen and oxygen atoms in total. The Balaban J connectivity index is 2.41. The lowest BCUT2D eigenvalue weighted by molar-refractivity contribution is -0.139. The Labute approximate surface area is 197 Å². The van der Waals surface area contributed by atoms with E-state index >= 15 is 0 Å². The van der Waals surface area contributed by atoms with Crippen molar-refractivity contribution in [1.82, 2.24) is 10.2 Å². The first-order valence-corrected chi connectivity index (χ1v) is 12.3. The molecule has 11 heteroatoms. The Bertz CT molecular complexity index is 1130. The standard InChI is InChI=1S/C22H26ClF2N3O4S/c1-14(2)26-22(30)15(3)27(12-16-6-5-7-17(23)10-16)21(29)13-28(33(4,31)32)18-8-9-19(24)20(25)11-18/h5-11,14-15H,12-13H2,1-4H3,(H,26,30). The van der Waals surface area contributed by atoms with E-state index in [1.54, 1.807) is 38.1 Å². The molecule has 0 aromatic heterocycles. The molecule has 0 spiro atoms. The highest BCUT2D eigenvalue weighted by Gasteiger charge is 2.30. The topological polar surface area (TPSA) is 86.8 Å². The van der Waals surface area contributed by atoms with Crippen LogP contribution in [0.25, 0.3) is 0 Å². The number of carbonyl (C=O) groups excluding carboxylic acids is 2. The molecule has 0 aliphatic rings. The summed E-state index contributed by atoms with van der Waals surface area (Å²) in [6, 6.07) is 8.06. The van der Waals surface area contributed by atoms with Crippen molar-refractivity contribution in [3.63, 3.8) is 0 Å². The highest BCUT2D eigenvalue weighted by atomic mass is 35.5. The molecule has 0 radical (unpaired) electrons. The lowest BCUT2D eigenvalue weighted by Crippen LogP contribution is -2.52. The summed E-state index contributed by atoms with van der Waals surface area (Å²) >= 11 is 6.03. The van der Waals surface area contributed by atoms with Gasteiger partial charge in [0.05, 0.1) is 11.9 Å². The summed E-state index contributed by atoms with van der Waals surface area (Å²) in [5.74, 6) is -3.55. The molecule has 1 unspecified atom stereocenters. The first-order valence-electron chi connectivity index (χ1n) is 10.1. The van der Waals surface area contributed by atoms with Crippen molar-refractivity contribution in [2.75, 3.05) is 17.1 Å². The van der Waals surface area contributed by atoms with E-state index in [9.17, 15) is 26.8 Å². The largest absolute Gasteiger partial charge is 0.352 e. The van der Waals surface area contributed by atoms with Crippen molar-refractivity contribution >= 4 is 39.1 Å². The number of nitrogens with zero attached hydrogens (tertiary/aromatic N) is 2. The average molecular weight is 502 g/mol. The zero-order valence-electron chi connectivity index (χ0n) is 18.7. The summed E-state index contributed by atoms with van der Waals surface area (Å²) in [5, 5.41) is 3.15. The van der Waals surface area contributed by atoms with Crippen LogP contribution in [0.1, 0.15) is 26.3 Å². The molecule has 1 N–H and O–H groups in total. The number of carbonyl (C=O) groups is 2.